The highest BCUT2D eigenvalue weighted by Crippen LogP contribution is 1.98. The highest BCUT2D eigenvalue weighted by molar-refractivity contribution is 5.80. The van der Waals surface area contributed by atoms with Crippen LogP contribution >= 0.6 is 0 Å². The van der Waals surface area contributed by atoms with E-state index in [0.717, 1.165) is 5.56 Å². The van der Waals surface area contributed by atoms with E-state index >= 15 is 0 Å². The van der Waals surface area contributed by atoms with Crippen molar-refractivity contribution in [1.82, 2.24) is 5.32 Å². The second-order valence-corrected chi connectivity index (χ2v) is 2.63. The van der Waals surface area contributed by atoms with Crippen molar-refractivity contribution in [2.24, 2.45) is 0 Å². The second-order valence-electron chi connectivity index (χ2n) is 2.63. The van der Waals surface area contributed by atoms with Crippen LogP contribution in [0.2, 0.25) is 0 Å². The number of rotatable bonds is 4. The molecule has 3 heteroatoms. The summed E-state index contributed by atoms with van der Waals surface area (Å²) in [4.78, 5) is 21.0. The summed E-state index contributed by atoms with van der Waals surface area (Å²) in [5, 5.41) is 2.47. The second kappa shape index (κ2) is 8.94. The lowest BCUT2D eigenvalue weighted by atomic mass is 10.1. The highest BCUT2D eigenvalue weighted by Gasteiger charge is 2.00. The number of carbonyl (C=O) groups excluding carboxylic acids is 2. The molecule has 0 saturated carbocycles. The molecule has 0 unspecified atom stereocenters. The molecule has 0 heterocycles. The summed E-state index contributed by atoms with van der Waals surface area (Å²) < 4.78 is 0. The van der Waals surface area contributed by atoms with Crippen molar-refractivity contribution in [1.29, 1.82) is 0 Å². The molecule has 0 fully saturated rings. The topological polar surface area (TPSA) is 46.2 Å². The third-order valence-corrected chi connectivity index (χ3v) is 1.59. The summed E-state index contributed by atoms with van der Waals surface area (Å²) >= 11 is 0. The van der Waals surface area contributed by atoms with Crippen LogP contribution in [0.3, 0.4) is 0 Å². The monoisotopic (exact) mass is 207 g/mol. The molecule has 0 aliphatic heterocycles. The van der Waals surface area contributed by atoms with Crippen molar-refractivity contribution in [2.45, 2.75) is 20.3 Å². The van der Waals surface area contributed by atoms with E-state index in [4.69, 9.17) is 0 Å². The van der Waals surface area contributed by atoms with E-state index < -0.39 is 0 Å². The highest BCUT2D eigenvalue weighted by atomic mass is 16.2. The number of nitrogens with one attached hydrogen (secondary N) is 1. The third kappa shape index (κ3) is 6.43. The Bertz CT molecular complexity index is 283. The van der Waals surface area contributed by atoms with Crippen molar-refractivity contribution in [3.8, 4) is 0 Å². The van der Waals surface area contributed by atoms with Crippen LogP contribution in [0.1, 0.15) is 19.4 Å². The van der Waals surface area contributed by atoms with Crippen molar-refractivity contribution in [2.75, 3.05) is 6.54 Å². The number of hydrogen-bond donors (Lipinski definition) is 1. The maximum atomic E-state index is 11.1. The van der Waals surface area contributed by atoms with Crippen LogP contribution in [0.25, 0.3) is 0 Å². The van der Waals surface area contributed by atoms with E-state index in [1.807, 2.05) is 44.2 Å². The summed E-state index contributed by atoms with van der Waals surface area (Å²) in [6, 6.07) is 9.40. The van der Waals surface area contributed by atoms with Gasteiger partial charge in [0.15, 0.2) is 0 Å². The Hall–Kier alpha value is -1.64. The minimum atomic E-state index is -0.127. The lowest BCUT2D eigenvalue weighted by Gasteiger charge is -2.00. The molecular weight excluding hydrogens is 190 g/mol. The Morgan fingerprint density at radius 3 is 2.40 bits per heavy atom. The summed E-state index contributed by atoms with van der Waals surface area (Å²) in [5.74, 6) is -0.127. The quantitative estimate of drug-likeness (QED) is 0.762. The molecule has 1 N–H and O–H groups in total. The summed E-state index contributed by atoms with van der Waals surface area (Å²) in [6.45, 7) is 4.09. The Labute approximate surface area is 90.5 Å². The van der Waals surface area contributed by atoms with Crippen molar-refractivity contribution in [3.05, 3.63) is 35.9 Å². The Balaban J connectivity index is 0.000000921. The molecule has 1 aromatic rings. The molecule has 0 saturated heterocycles. The minimum absolute atomic E-state index is 0.0890. The van der Waals surface area contributed by atoms with Crippen LogP contribution in [0.15, 0.2) is 30.3 Å². The first-order valence-electron chi connectivity index (χ1n) is 5.07. The molecule has 0 radical (unpaired) electrons. The van der Waals surface area contributed by atoms with Crippen LogP contribution < -0.4 is 5.32 Å². The molecule has 0 aliphatic rings. The average molecular weight is 207 g/mol. The largest absolute Gasteiger partial charge is 0.349 e. The van der Waals surface area contributed by atoms with Crippen molar-refractivity contribution < 1.29 is 9.59 Å². The van der Waals surface area contributed by atoms with E-state index in [2.05, 4.69) is 5.32 Å². The van der Waals surface area contributed by atoms with Gasteiger partial charge < -0.3 is 10.1 Å². The van der Waals surface area contributed by atoms with E-state index in [1.54, 1.807) is 0 Å². The van der Waals surface area contributed by atoms with Gasteiger partial charge in [0.05, 0.1) is 13.0 Å². The van der Waals surface area contributed by atoms with Crippen LogP contribution in [-0.4, -0.2) is 18.7 Å². The van der Waals surface area contributed by atoms with Crippen LogP contribution in [0.4, 0.5) is 0 Å². The molecule has 0 spiro atoms. The number of carbonyl (C=O) groups is 2. The Morgan fingerprint density at radius 2 is 1.87 bits per heavy atom. The fraction of sp³-hybridized carbons (Fsp3) is 0.333. The summed E-state index contributed by atoms with van der Waals surface area (Å²) in [6.07, 6.45) is 0.998. The molecule has 1 amide bonds. The predicted molar refractivity (Wildman–Crippen MR) is 60.6 cm³/mol. The Kier molecular flexibility index (Phi) is 7.96. The van der Waals surface area contributed by atoms with Gasteiger partial charge in [-0.3, -0.25) is 4.79 Å². The molecule has 0 aromatic heterocycles. The fourth-order valence-electron chi connectivity index (χ4n) is 0.999. The van der Waals surface area contributed by atoms with Crippen molar-refractivity contribution in [3.63, 3.8) is 0 Å². The zero-order chi connectivity index (χ0) is 11.5. The lowest BCUT2D eigenvalue weighted by molar-refractivity contribution is -0.121. The first-order chi connectivity index (χ1) is 7.33. The molecule has 0 aliphatic carbocycles. The smallest absolute Gasteiger partial charge is 0.224 e. The molecule has 1 rings (SSSR count). The maximum absolute atomic E-state index is 11.1. The average Bonchev–Trinajstić information content (AvgIpc) is 2.30. The van der Waals surface area contributed by atoms with Crippen LogP contribution in [0.5, 0.6) is 0 Å². The molecule has 0 atom stereocenters. The van der Waals surface area contributed by atoms with Gasteiger partial charge in [0.2, 0.25) is 5.91 Å². The number of hydrogen-bond acceptors (Lipinski definition) is 2. The van der Waals surface area contributed by atoms with E-state index in [0.29, 0.717) is 12.7 Å². The van der Waals surface area contributed by atoms with Crippen molar-refractivity contribution >= 4 is 12.2 Å². The molecule has 1 aromatic carbocycles. The zero-order valence-corrected chi connectivity index (χ0v) is 9.19. The van der Waals surface area contributed by atoms with Gasteiger partial charge in [0, 0.05) is 0 Å². The molecule has 15 heavy (non-hydrogen) atoms. The van der Waals surface area contributed by atoms with Gasteiger partial charge in [0.25, 0.3) is 0 Å². The van der Waals surface area contributed by atoms with Gasteiger partial charge in [-0.2, -0.15) is 0 Å². The van der Waals surface area contributed by atoms with Gasteiger partial charge in [-0.15, -0.1) is 0 Å². The molecular formula is C12H17NO2. The zero-order valence-electron chi connectivity index (χ0n) is 9.19. The molecule has 82 valence electrons. The van der Waals surface area contributed by atoms with E-state index in [9.17, 15) is 9.59 Å². The molecule has 3 nitrogen and oxygen atoms in total. The lowest BCUT2D eigenvalue weighted by Crippen LogP contribution is -2.26. The first kappa shape index (κ1) is 13.4. The normalized spacial score (nSPS) is 8.40. The Morgan fingerprint density at radius 1 is 1.27 bits per heavy atom. The number of amides is 1. The standard InChI is InChI=1S/C10H11NO2.C2H6/c12-7-6-11-10(13)8-9-4-2-1-3-5-9;1-2/h1-5,7H,6,8H2,(H,11,13);1-2H3. The predicted octanol–water partition coefficient (Wildman–Crippen LogP) is 1.57. The number of aldehydes is 1. The van der Waals surface area contributed by atoms with E-state index in [-0.39, 0.29) is 12.5 Å². The van der Waals surface area contributed by atoms with Gasteiger partial charge in [0.1, 0.15) is 6.29 Å². The SMILES string of the molecule is CC.O=CCNC(=O)Cc1ccccc1. The van der Waals surface area contributed by atoms with E-state index in [1.165, 1.54) is 0 Å². The minimum Gasteiger partial charge on any atom is -0.349 e. The van der Waals surface area contributed by atoms with Gasteiger partial charge in [-0.05, 0) is 5.56 Å². The van der Waals surface area contributed by atoms with Gasteiger partial charge in [-0.25, -0.2) is 0 Å². The first-order valence-corrected chi connectivity index (χ1v) is 5.07. The van der Waals surface area contributed by atoms with Crippen LogP contribution in [-0.2, 0) is 16.0 Å². The molecule has 0 bridgehead atoms. The maximum Gasteiger partial charge on any atom is 0.224 e. The summed E-state index contributed by atoms with van der Waals surface area (Å²) in [7, 11) is 0. The van der Waals surface area contributed by atoms with Gasteiger partial charge >= 0.3 is 0 Å². The number of benzene rings is 1. The van der Waals surface area contributed by atoms with Crippen LogP contribution in [0, 0.1) is 0 Å². The summed E-state index contributed by atoms with van der Waals surface area (Å²) in [5.41, 5.74) is 0.950. The van der Waals surface area contributed by atoms with Gasteiger partial charge in [-0.1, -0.05) is 44.2 Å². The fourth-order valence-corrected chi connectivity index (χ4v) is 0.999. The third-order valence-electron chi connectivity index (χ3n) is 1.59.